The van der Waals surface area contributed by atoms with Gasteiger partial charge in [-0.25, -0.2) is 0 Å². The van der Waals surface area contributed by atoms with Crippen LogP contribution in [-0.2, 0) is 0 Å². The van der Waals surface area contributed by atoms with E-state index in [0.29, 0.717) is 0 Å². The second-order valence-corrected chi connectivity index (χ2v) is 11.2. The molecular weight excluding hydrogens is 544 g/mol. The van der Waals surface area contributed by atoms with Crippen LogP contribution in [0.5, 0.6) is 0 Å². The Hall–Kier alpha value is -6.07. The molecule has 10 aromatic rings. The Morgan fingerprint density at radius 1 is 0.386 bits per heavy atom. The van der Waals surface area contributed by atoms with E-state index in [9.17, 15) is 0 Å². The molecule has 0 unspecified atom stereocenters. The van der Waals surface area contributed by atoms with E-state index in [0.717, 1.165) is 93.8 Å². The van der Waals surface area contributed by atoms with Gasteiger partial charge in [-0.1, -0.05) is 54.6 Å². The number of hydrogen-bond donors (Lipinski definition) is 0. The van der Waals surface area contributed by atoms with Crippen LogP contribution in [-0.4, -0.2) is 4.98 Å². The summed E-state index contributed by atoms with van der Waals surface area (Å²) >= 11 is 0. The summed E-state index contributed by atoms with van der Waals surface area (Å²) < 4.78 is 19.0. The van der Waals surface area contributed by atoms with Gasteiger partial charge < -0.3 is 18.2 Å². The molecule has 6 aromatic carbocycles. The van der Waals surface area contributed by atoms with Crippen molar-refractivity contribution >= 4 is 93.8 Å². The summed E-state index contributed by atoms with van der Waals surface area (Å²) in [5, 5.41) is 7.61. The molecule has 0 N–H and O–H groups in total. The first-order chi connectivity index (χ1) is 21.8. The monoisotopic (exact) mass is 566 g/mol. The van der Waals surface area contributed by atoms with Crippen molar-refractivity contribution in [2.75, 3.05) is 4.90 Å². The molecule has 0 spiro atoms. The molecule has 0 aliphatic heterocycles. The number of aromatic nitrogens is 1. The molecule has 4 aromatic heterocycles. The van der Waals surface area contributed by atoms with Crippen molar-refractivity contribution in [1.29, 1.82) is 0 Å². The highest BCUT2D eigenvalue weighted by Gasteiger charge is 2.19. The van der Waals surface area contributed by atoms with Crippen LogP contribution in [0.3, 0.4) is 0 Å². The Morgan fingerprint density at radius 3 is 1.45 bits per heavy atom. The zero-order chi connectivity index (χ0) is 28.8. The molecule has 5 nitrogen and oxygen atoms in total. The predicted molar refractivity (Wildman–Crippen MR) is 178 cm³/mol. The topological polar surface area (TPSA) is 55.6 Å². The molecule has 5 heteroatoms. The Balaban J connectivity index is 1.21. The number of fused-ring (bicyclic) bond motifs is 11. The maximum atomic E-state index is 6.42. The van der Waals surface area contributed by atoms with Crippen LogP contribution in [0.25, 0.3) is 76.7 Å². The van der Waals surface area contributed by atoms with E-state index >= 15 is 0 Å². The van der Waals surface area contributed by atoms with E-state index in [1.54, 1.807) is 0 Å². The largest absolute Gasteiger partial charge is 0.456 e. The van der Waals surface area contributed by atoms with E-state index in [4.69, 9.17) is 13.3 Å². The number of pyridine rings is 1. The van der Waals surface area contributed by atoms with Crippen LogP contribution in [0, 0.1) is 0 Å². The van der Waals surface area contributed by atoms with Gasteiger partial charge in [0.2, 0.25) is 0 Å². The van der Waals surface area contributed by atoms with E-state index in [-0.39, 0.29) is 0 Å². The Morgan fingerprint density at radius 2 is 0.841 bits per heavy atom. The first-order valence-electron chi connectivity index (χ1n) is 14.6. The second kappa shape index (κ2) is 8.72. The summed E-state index contributed by atoms with van der Waals surface area (Å²) in [6.45, 7) is 0. The van der Waals surface area contributed by atoms with E-state index in [2.05, 4.69) is 82.7 Å². The van der Waals surface area contributed by atoms with Crippen molar-refractivity contribution < 1.29 is 13.3 Å². The van der Waals surface area contributed by atoms with Crippen LogP contribution in [0.4, 0.5) is 17.1 Å². The van der Waals surface area contributed by atoms with E-state index in [1.165, 1.54) is 0 Å². The zero-order valence-corrected chi connectivity index (χ0v) is 23.3. The molecule has 44 heavy (non-hydrogen) atoms. The lowest BCUT2D eigenvalue weighted by Gasteiger charge is -2.25. The highest BCUT2D eigenvalue weighted by molar-refractivity contribution is 6.18. The summed E-state index contributed by atoms with van der Waals surface area (Å²) in [7, 11) is 0. The maximum absolute atomic E-state index is 6.42. The van der Waals surface area contributed by atoms with Gasteiger partial charge in [-0.3, -0.25) is 4.98 Å². The standard InChI is InChI=1S/C39H22N2O3/c1-4-10-32-30(9-1)39-31-18-15-25(21-37(31)44-38(39)22-40-32)41(23-13-16-28-26-7-2-5-11-33(26)42-35(28)19-23)24-14-17-29-27-8-3-6-12-34(27)43-36(29)20-24/h1-22H. The van der Waals surface area contributed by atoms with Crippen molar-refractivity contribution in [3.63, 3.8) is 0 Å². The Bertz CT molecular complexity index is 2630. The van der Waals surface area contributed by atoms with Crippen molar-refractivity contribution in [2.24, 2.45) is 0 Å². The number of hydrogen-bond acceptors (Lipinski definition) is 5. The molecule has 0 bridgehead atoms. The molecule has 0 aliphatic carbocycles. The Labute approximate surface area is 250 Å². The smallest absolute Gasteiger partial charge is 0.154 e. The minimum Gasteiger partial charge on any atom is -0.456 e. The maximum Gasteiger partial charge on any atom is 0.154 e. The van der Waals surface area contributed by atoms with Crippen LogP contribution < -0.4 is 4.90 Å². The van der Waals surface area contributed by atoms with Gasteiger partial charge in [-0.2, -0.15) is 0 Å². The molecule has 10 rings (SSSR count). The van der Waals surface area contributed by atoms with Gasteiger partial charge in [-0.15, -0.1) is 0 Å². The summed E-state index contributed by atoms with van der Waals surface area (Å²) in [5.74, 6) is 0. The number of anilines is 3. The number of furan rings is 3. The summed E-state index contributed by atoms with van der Waals surface area (Å²) in [6.07, 6.45) is 1.82. The SMILES string of the molecule is c1ccc2c(c1)ncc1oc3cc(N(c4ccc5c(c4)oc4ccccc45)c4ccc5c(c4)oc4ccccc45)ccc3c12. The third kappa shape index (κ3) is 3.32. The fourth-order valence-electron chi connectivity index (χ4n) is 6.69. The molecular formula is C39H22N2O3. The molecule has 0 saturated carbocycles. The average Bonchev–Trinajstić information content (AvgIpc) is 3.75. The highest BCUT2D eigenvalue weighted by Crippen LogP contribution is 2.43. The molecule has 0 radical (unpaired) electrons. The highest BCUT2D eigenvalue weighted by atomic mass is 16.3. The lowest BCUT2D eigenvalue weighted by Crippen LogP contribution is -2.09. The second-order valence-electron chi connectivity index (χ2n) is 11.2. The summed E-state index contributed by atoms with van der Waals surface area (Å²) in [5.41, 5.74) is 8.83. The zero-order valence-electron chi connectivity index (χ0n) is 23.3. The average molecular weight is 567 g/mol. The van der Waals surface area contributed by atoms with Gasteiger partial charge in [0, 0.05) is 73.0 Å². The first-order valence-corrected chi connectivity index (χ1v) is 14.6. The number of nitrogens with zero attached hydrogens (tertiary/aromatic N) is 2. The molecule has 0 saturated heterocycles. The predicted octanol–water partition coefficient (Wildman–Crippen LogP) is 11.4. The summed E-state index contributed by atoms with van der Waals surface area (Å²) in [4.78, 5) is 6.85. The minimum absolute atomic E-state index is 0.773. The van der Waals surface area contributed by atoms with Gasteiger partial charge in [0.25, 0.3) is 0 Å². The third-order valence-electron chi connectivity index (χ3n) is 8.69. The lowest BCUT2D eigenvalue weighted by molar-refractivity contribution is 0.667. The molecule has 4 heterocycles. The van der Waals surface area contributed by atoms with Crippen molar-refractivity contribution in [3.8, 4) is 0 Å². The Kier molecular flexibility index (Phi) is 4.66. The van der Waals surface area contributed by atoms with E-state index < -0.39 is 0 Å². The fraction of sp³-hybridized carbons (Fsp3) is 0. The van der Waals surface area contributed by atoms with Crippen LogP contribution >= 0.6 is 0 Å². The molecule has 0 fully saturated rings. The summed E-state index contributed by atoms with van der Waals surface area (Å²) in [6, 6.07) is 43.7. The molecule has 206 valence electrons. The normalized spacial score (nSPS) is 12.1. The van der Waals surface area contributed by atoms with Gasteiger partial charge in [0.05, 0.1) is 11.7 Å². The number of para-hydroxylation sites is 3. The minimum atomic E-state index is 0.773. The van der Waals surface area contributed by atoms with Crippen LogP contribution in [0.15, 0.2) is 147 Å². The molecule has 0 amide bonds. The number of rotatable bonds is 3. The quantitative estimate of drug-likeness (QED) is 0.213. The van der Waals surface area contributed by atoms with Gasteiger partial charge in [0.1, 0.15) is 27.9 Å². The van der Waals surface area contributed by atoms with Crippen molar-refractivity contribution in [2.45, 2.75) is 0 Å². The van der Waals surface area contributed by atoms with Gasteiger partial charge in [-0.05, 0) is 54.6 Å². The van der Waals surface area contributed by atoms with Crippen molar-refractivity contribution in [3.05, 3.63) is 134 Å². The van der Waals surface area contributed by atoms with Crippen LogP contribution in [0.1, 0.15) is 0 Å². The number of benzene rings is 6. The molecule has 0 atom stereocenters. The molecule has 0 aliphatic rings. The third-order valence-corrected chi connectivity index (χ3v) is 8.69. The van der Waals surface area contributed by atoms with Crippen molar-refractivity contribution in [1.82, 2.24) is 4.98 Å². The fourth-order valence-corrected chi connectivity index (χ4v) is 6.69. The van der Waals surface area contributed by atoms with E-state index in [1.807, 2.05) is 60.8 Å². The lowest BCUT2D eigenvalue weighted by atomic mass is 10.1. The van der Waals surface area contributed by atoms with Gasteiger partial charge in [0.15, 0.2) is 5.58 Å². The van der Waals surface area contributed by atoms with Crippen LogP contribution in [0.2, 0.25) is 0 Å². The van der Waals surface area contributed by atoms with Gasteiger partial charge >= 0.3 is 0 Å². The first kappa shape index (κ1) is 23.5.